The third-order valence-corrected chi connectivity index (χ3v) is 4.98. The van der Waals surface area contributed by atoms with Gasteiger partial charge in [0.25, 0.3) is 0 Å². The molecule has 2 aliphatic heterocycles. The van der Waals surface area contributed by atoms with E-state index in [-0.39, 0.29) is 23.9 Å². The largest absolute Gasteiger partial charge is 0.469 e. The van der Waals surface area contributed by atoms with Crippen LogP contribution in [0.4, 0.5) is 0 Å². The minimum atomic E-state index is -0.416. The number of ether oxygens (including phenoxy) is 3. The molecule has 0 N–H and O–H groups in total. The van der Waals surface area contributed by atoms with E-state index in [0.717, 1.165) is 5.56 Å². The van der Waals surface area contributed by atoms with Crippen LogP contribution in [0, 0.1) is 0 Å². The SMILES string of the molecule is COC(=O)CC1c2cccnc2Oc2ccc3c(c21)O/C(=C\c1ccco1)C3=O. The summed E-state index contributed by atoms with van der Waals surface area (Å²) in [4.78, 5) is 29.3. The third-order valence-electron chi connectivity index (χ3n) is 4.98. The van der Waals surface area contributed by atoms with Crippen LogP contribution in [0.1, 0.15) is 39.6 Å². The molecule has 3 aromatic rings. The van der Waals surface area contributed by atoms with E-state index in [1.54, 1.807) is 42.6 Å². The van der Waals surface area contributed by atoms with Crippen LogP contribution in [0.5, 0.6) is 17.4 Å². The summed E-state index contributed by atoms with van der Waals surface area (Å²) in [7, 11) is 1.34. The fourth-order valence-electron chi connectivity index (χ4n) is 3.65. The van der Waals surface area contributed by atoms with Crippen molar-refractivity contribution in [1.29, 1.82) is 0 Å². The fraction of sp³-hybridized carbons (Fsp3) is 0.136. The average molecular weight is 389 g/mol. The Morgan fingerprint density at radius 3 is 2.90 bits per heavy atom. The van der Waals surface area contributed by atoms with Gasteiger partial charge in [-0.15, -0.1) is 0 Å². The molecule has 0 aliphatic carbocycles. The molecule has 2 aliphatic rings. The molecule has 1 aromatic carbocycles. The number of rotatable bonds is 3. The third kappa shape index (κ3) is 2.79. The van der Waals surface area contributed by atoms with Gasteiger partial charge in [-0.3, -0.25) is 9.59 Å². The highest BCUT2D eigenvalue weighted by molar-refractivity contribution is 6.15. The second kappa shape index (κ2) is 6.63. The van der Waals surface area contributed by atoms with Crippen LogP contribution in [0.25, 0.3) is 6.08 Å². The number of carbonyl (C=O) groups is 2. The smallest absolute Gasteiger partial charge is 0.306 e. The number of furan rings is 1. The molecule has 7 nitrogen and oxygen atoms in total. The molecule has 5 rings (SSSR count). The molecular weight excluding hydrogens is 374 g/mol. The van der Waals surface area contributed by atoms with E-state index in [1.165, 1.54) is 13.4 Å². The maximum absolute atomic E-state index is 12.9. The van der Waals surface area contributed by atoms with Gasteiger partial charge in [-0.05, 0) is 30.3 Å². The summed E-state index contributed by atoms with van der Waals surface area (Å²) in [6.07, 6.45) is 4.75. The Morgan fingerprint density at radius 1 is 1.21 bits per heavy atom. The number of Topliss-reactive ketones (excluding diaryl/α,β-unsaturated/α-hetero) is 1. The number of aromatic nitrogens is 1. The van der Waals surface area contributed by atoms with Crippen molar-refractivity contribution in [2.45, 2.75) is 12.3 Å². The summed E-state index contributed by atoms with van der Waals surface area (Å²) in [6.45, 7) is 0. The van der Waals surface area contributed by atoms with Crippen molar-refractivity contribution in [3.05, 3.63) is 77.1 Å². The second-order valence-electron chi connectivity index (χ2n) is 6.64. The molecule has 29 heavy (non-hydrogen) atoms. The molecule has 0 fully saturated rings. The molecule has 0 amide bonds. The Kier molecular flexibility index (Phi) is 3.94. The summed E-state index contributed by atoms with van der Waals surface area (Å²) >= 11 is 0. The van der Waals surface area contributed by atoms with Crippen LogP contribution in [0.15, 0.2) is 59.0 Å². The van der Waals surface area contributed by atoms with Crippen molar-refractivity contribution in [3.63, 3.8) is 0 Å². The number of fused-ring (bicyclic) bond motifs is 4. The van der Waals surface area contributed by atoms with E-state index in [0.29, 0.717) is 34.3 Å². The van der Waals surface area contributed by atoms with Gasteiger partial charge in [0.1, 0.15) is 17.3 Å². The zero-order chi connectivity index (χ0) is 20.0. The fourth-order valence-corrected chi connectivity index (χ4v) is 3.65. The Labute approximate surface area is 165 Å². The first-order valence-corrected chi connectivity index (χ1v) is 9.00. The molecule has 0 saturated heterocycles. The number of esters is 1. The predicted molar refractivity (Wildman–Crippen MR) is 101 cm³/mol. The van der Waals surface area contributed by atoms with Gasteiger partial charge >= 0.3 is 5.97 Å². The van der Waals surface area contributed by atoms with E-state index in [1.807, 2.05) is 6.07 Å². The highest BCUT2D eigenvalue weighted by Gasteiger charge is 2.39. The van der Waals surface area contributed by atoms with Crippen LogP contribution in [-0.2, 0) is 9.53 Å². The van der Waals surface area contributed by atoms with Crippen LogP contribution < -0.4 is 9.47 Å². The van der Waals surface area contributed by atoms with Crippen molar-refractivity contribution in [3.8, 4) is 17.4 Å². The molecule has 1 atom stereocenters. The topological polar surface area (TPSA) is 87.9 Å². The Morgan fingerprint density at radius 2 is 2.10 bits per heavy atom. The first kappa shape index (κ1) is 17.2. The number of nitrogens with zero attached hydrogens (tertiary/aromatic N) is 1. The van der Waals surface area contributed by atoms with Crippen molar-refractivity contribution >= 4 is 17.8 Å². The van der Waals surface area contributed by atoms with Gasteiger partial charge in [-0.2, -0.15) is 0 Å². The number of methoxy groups -OCH3 is 1. The molecule has 1 unspecified atom stereocenters. The highest BCUT2D eigenvalue weighted by atomic mass is 16.5. The minimum absolute atomic E-state index is 0.0663. The second-order valence-corrected chi connectivity index (χ2v) is 6.64. The van der Waals surface area contributed by atoms with Gasteiger partial charge in [-0.1, -0.05) is 6.07 Å². The number of hydrogen-bond donors (Lipinski definition) is 0. The maximum atomic E-state index is 12.9. The van der Waals surface area contributed by atoms with E-state index in [2.05, 4.69) is 4.98 Å². The van der Waals surface area contributed by atoms with Gasteiger partial charge < -0.3 is 18.6 Å². The normalized spacial score (nSPS) is 17.8. The standard InChI is InChI=1S/C22H15NO6/c1-26-18(24)11-15-13-5-2-8-23-22(13)29-16-7-6-14-20(25)17(28-21(14)19(15)16)10-12-4-3-9-27-12/h2-10,15H,11H2,1H3/b17-10-. The summed E-state index contributed by atoms with van der Waals surface area (Å²) in [5.41, 5.74) is 1.77. The quantitative estimate of drug-likeness (QED) is 0.492. The monoisotopic (exact) mass is 389 g/mol. The number of hydrogen-bond acceptors (Lipinski definition) is 7. The van der Waals surface area contributed by atoms with E-state index < -0.39 is 5.92 Å². The first-order chi connectivity index (χ1) is 14.2. The number of ketones is 1. The van der Waals surface area contributed by atoms with Crippen LogP contribution in [0.3, 0.4) is 0 Å². The van der Waals surface area contributed by atoms with Crippen LogP contribution in [0.2, 0.25) is 0 Å². The number of allylic oxidation sites excluding steroid dienone is 1. The zero-order valence-corrected chi connectivity index (χ0v) is 15.4. The zero-order valence-electron chi connectivity index (χ0n) is 15.4. The summed E-state index contributed by atoms with van der Waals surface area (Å²) in [5.74, 6) is 0.901. The van der Waals surface area contributed by atoms with E-state index >= 15 is 0 Å². The summed E-state index contributed by atoms with van der Waals surface area (Å²) < 4.78 is 22.1. The molecule has 144 valence electrons. The van der Waals surface area contributed by atoms with Gasteiger partial charge in [0.05, 0.1) is 25.4 Å². The minimum Gasteiger partial charge on any atom is -0.469 e. The number of benzene rings is 1. The van der Waals surface area contributed by atoms with Gasteiger partial charge in [0.2, 0.25) is 11.7 Å². The van der Waals surface area contributed by atoms with Crippen LogP contribution in [-0.4, -0.2) is 23.8 Å². The molecule has 0 radical (unpaired) electrons. The lowest BCUT2D eigenvalue weighted by atomic mass is 9.85. The molecule has 4 heterocycles. The van der Waals surface area contributed by atoms with E-state index in [9.17, 15) is 9.59 Å². The molecule has 0 bridgehead atoms. The van der Waals surface area contributed by atoms with Gasteiger partial charge in [0.15, 0.2) is 5.76 Å². The predicted octanol–water partition coefficient (Wildman–Crippen LogP) is 4.09. The van der Waals surface area contributed by atoms with Crippen molar-refractivity contribution in [2.24, 2.45) is 0 Å². The van der Waals surface area contributed by atoms with Crippen molar-refractivity contribution in [2.75, 3.05) is 7.11 Å². The van der Waals surface area contributed by atoms with Crippen molar-refractivity contribution < 1.29 is 28.2 Å². The van der Waals surface area contributed by atoms with Gasteiger partial charge in [-0.25, -0.2) is 4.98 Å². The van der Waals surface area contributed by atoms with Gasteiger partial charge in [0, 0.05) is 29.3 Å². The summed E-state index contributed by atoms with van der Waals surface area (Å²) in [6, 6.07) is 10.4. The Bertz CT molecular complexity index is 1160. The average Bonchev–Trinajstić information content (AvgIpc) is 3.36. The number of pyridine rings is 1. The van der Waals surface area contributed by atoms with E-state index in [4.69, 9.17) is 18.6 Å². The first-order valence-electron chi connectivity index (χ1n) is 9.00. The lowest BCUT2D eigenvalue weighted by Gasteiger charge is -2.27. The molecule has 0 spiro atoms. The number of carbonyl (C=O) groups excluding carboxylic acids is 2. The molecular formula is C22H15NO6. The van der Waals surface area contributed by atoms with Crippen molar-refractivity contribution in [1.82, 2.24) is 4.98 Å². The molecule has 0 saturated carbocycles. The molecule has 2 aromatic heterocycles. The Hall–Kier alpha value is -3.87. The molecule has 7 heteroatoms. The summed E-state index contributed by atoms with van der Waals surface area (Å²) in [5, 5.41) is 0. The Balaban J connectivity index is 1.64. The lowest BCUT2D eigenvalue weighted by molar-refractivity contribution is -0.140. The lowest BCUT2D eigenvalue weighted by Crippen LogP contribution is -2.16. The van der Waals surface area contributed by atoms with Crippen LogP contribution >= 0.6 is 0 Å². The highest BCUT2D eigenvalue weighted by Crippen LogP contribution is 2.52. The maximum Gasteiger partial charge on any atom is 0.306 e.